The van der Waals surface area contributed by atoms with Gasteiger partial charge >= 0.3 is 0 Å². The molecule has 3 nitrogen and oxygen atoms in total. The molecule has 0 aliphatic rings. The zero-order chi connectivity index (χ0) is 14.0. The van der Waals surface area contributed by atoms with E-state index in [4.69, 9.17) is 11.6 Å². The molecule has 7 heteroatoms. The predicted molar refractivity (Wildman–Crippen MR) is 76.4 cm³/mol. The fraction of sp³-hybridized carbons (Fsp3) is 0. The van der Waals surface area contributed by atoms with E-state index in [9.17, 15) is 12.8 Å². The lowest BCUT2D eigenvalue weighted by Crippen LogP contribution is -2.12. The Morgan fingerprint density at radius 1 is 1.11 bits per heavy atom. The van der Waals surface area contributed by atoms with Crippen LogP contribution in [0.25, 0.3) is 0 Å². The van der Waals surface area contributed by atoms with Gasteiger partial charge in [-0.1, -0.05) is 27.5 Å². The van der Waals surface area contributed by atoms with E-state index in [2.05, 4.69) is 20.7 Å². The summed E-state index contributed by atoms with van der Waals surface area (Å²) in [5.74, 6) is -0.603. The highest BCUT2D eigenvalue weighted by Crippen LogP contribution is 2.22. The van der Waals surface area contributed by atoms with Crippen molar-refractivity contribution in [2.24, 2.45) is 0 Å². The molecular weight excluding hydrogens is 357 g/mol. The number of sulfonamides is 1. The topological polar surface area (TPSA) is 46.2 Å². The van der Waals surface area contributed by atoms with E-state index in [0.717, 1.165) is 10.5 Å². The van der Waals surface area contributed by atoms with Crippen LogP contribution in [0.2, 0.25) is 5.02 Å². The standard InChI is InChI=1S/C12H8BrClFNO2S/c13-8-1-4-10(5-2-8)19(17,18)16-9-3-6-12(15)11(14)7-9/h1-7,16H. The van der Waals surface area contributed by atoms with Crippen molar-refractivity contribution in [3.63, 3.8) is 0 Å². The Morgan fingerprint density at radius 3 is 2.32 bits per heavy atom. The van der Waals surface area contributed by atoms with E-state index in [-0.39, 0.29) is 15.6 Å². The number of halogens is 3. The quantitative estimate of drug-likeness (QED) is 0.893. The lowest BCUT2D eigenvalue weighted by molar-refractivity contribution is 0.601. The summed E-state index contributed by atoms with van der Waals surface area (Å²) in [6.07, 6.45) is 0. The lowest BCUT2D eigenvalue weighted by atomic mass is 10.3. The Balaban J connectivity index is 2.30. The van der Waals surface area contributed by atoms with Crippen molar-refractivity contribution in [1.29, 1.82) is 0 Å². The molecule has 2 aromatic carbocycles. The molecule has 0 saturated carbocycles. The first-order valence-electron chi connectivity index (χ1n) is 5.12. The van der Waals surface area contributed by atoms with E-state index in [1.165, 1.54) is 24.3 Å². The van der Waals surface area contributed by atoms with Crippen molar-refractivity contribution >= 4 is 43.2 Å². The highest BCUT2D eigenvalue weighted by molar-refractivity contribution is 9.10. The minimum Gasteiger partial charge on any atom is -0.280 e. The van der Waals surface area contributed by atoms with Gasteiger partial charge in [0.15, 0.2) is 0 Å². The smallest absolute Gasteiger partial charge is 0.261 e. The molecule has 100 valence electrons. The van der Waals surface area contributed by atoms with Crippen molar-refractivity contribution in [3.05, 3.63) is 57.8 Å². The molecule has 19 heavy (non-hydrogen) atoms. The summed E-state index contributed by atoms with van der Waals surface area (Å²) >= 11 is 8.82. The van der Waals surface area contributed by atoms with Crippen LogP contribution < -0.4 is 4.72 Å². The van der Waals surface area contributed by atoms with Crippen LogP contribution in [0.3, 0.4) is 0 Å². The molecule has 0 radical (unpaired) electrons. The van der Waals surface area contributed by atoms with Crippen LogP contribution in [0.5, 0.6) is 0 Å². The van der Waals surface area contributed by atoms with Crippen molar-refractivity contribution < 1.29 is 12.8 Å². The molecule has 0 atom stereocenters. The highest BCUT2D eigenvalue weighted by atomic mass is 79.9. The van der Waals surface area contributed by atoms with Crippen molar-refractivity contribution in [3.8, 4) is 0 Å². The normalized spacial score (nSPS) is 11.3. The van der Waals surface area contributed by atoms with Gasteiger partial charge < -0.3 is 0 Å². The number of hydrogen-bond acceptors (Lipinski definition) is 2. The second kappa shape index (κ2) is 5.48. The molecule has 0 heterocycles. The van der Waals surface area contributed by atoms with Crippen LogP contribution in [-0.4, -0.2) is 8.42 Å². The van der Waals surface area contributed by atoms with E-state index in [1.54, 1.807) is 12.1 Å². The Morgan fingerprint density at radius 2 is 1.74 bits per heavy atom. The van der Waals surface area contributed by atoms with Crippen molar-refractivity contribution in [2.75, 3.05) is 4.72 Å². The fourth-order valence-electron chi connectivity index (χ4n) is 1.39. The van der Waals surface area contributed by atoms with E-state index in [1.807, 2.05) is 0 Å². The maximum atomic E-state index is 13.0. The zero-order valence-electron chi connectivity index (χ0n) is 9.40. The molecule has 0 amide bonds. The van der Waals surface area contributed by atoms with Crippen LogP contribution in [0, 0.1) is 5.82 Å². The van der Waals surface area contributed by atoms with Gasteiger partial charge in [-0.15, -0.1) is 0 Å². The monoisotopic (exact) mass is 363 g/mol. The van der Waals surface area contributed by atoms with Gasteiger partial charge in [-0.3, -0.25) is 4.72 Å². The van der Waals surface area contributed by atoms with Crippen LogP contribution >= 0.6 is 27.5 Å². The molecule has 0 saturated heterocycles. The molecule has 0 aromatic heterocycles. The first-order chi connectivity index (χ1) is 8.88. The van der Waals surface area contributed by atoms with Gasteiger partial charge in [0.25, 0.3) is 10.0 Å². The molecular formula is C12H8BrClFNO2S. The van der Waals surface area contributed by atoms with Crippen molar-refractivity contribution in [2.45, 2.75) is 4.90 Å². The first-order valence-corrected chi connectivity index (χ1v) is 7.77. The van der Waals surface area contributed by atoms with Crippen LogP contribution in [-0.2, 0) is 10.0 Å². The third-order valence-corrected chi connectivity index (χ3v) is 4.51. The van der Waals surface area contributed by atoms with Gasteiger partial charge in [-0.25, -0.2) is 12.8 Å². The fourth-order valence-corrected chi connectivity index (χ4v) is 2.88. The molecule has 0 bridgehead atoms. The average Bonchev–Trinajstić information content (AvgIpc) is 2.34. The second-order valence-corrected chi connectivity index (χ2v) is 6.69. The van der Waals surface area contributed by atoms with Gasteiger partial charge in [-0.2, -0.15) is 0 Å². The molecule has 0 aliphatic carbocycles. The van der Waals surface area contributed by atoms with Crippen LogP contribution in [0.4, 0.5) is 10.1 Å². The third kappa shape index (κ3) is 3.46. The minimum atomic E-state index is -3.71. The molecule has 2 rings (SSSR count). The SMILES string of the molecule is O=S(=O)(Nc1ccc(F)c(Cl)c1)c1ccc(Br)cc1. The molecule has 2 aromatic rings. The summed E-state index contributed by atoms with van der Waals surface area (Å²) in [5, 5.41) is -0.143. The first kappa shape index (κ1) is 14.3. The second-order valence-electron chi connectivity index (χ2n) is 3.69. The Bertz CT molecular complexity index is 704. The van der Waals surface area contributed by atoms with E-state index >= 15 is 0 Å². The summed E-state index contributed by atoms with van der Waals surface area (Å²) in [6, 6.07) is 9.76. The maximum absolute atomic E-state index is 13.0. The maximum Gasteiger partial charge on any atom is 0.261 e. The summed E-state index contributed by atoms with van der Waals surface area (Å²) in [7, 11) is -3.71. The van der Waals surface area contributed by atoms with E-state index in [0.29, 0.717) is 0 Å². The largest absolute Gasteiger partial charge is 0.280 e. The highest BCUT2D eigenvalue weighted by Gasteiger charge is 2.14. The number of benzene rings is 2. The van der Waals surface area contributed by atoms with Crippen LogP contribution in [0.15, 0.2) is 51.8 Å². The van der Waals surface area contributed by atoms with Crippen LogP contribution in [0.1, 0.15) is 0 Å². The molecule has 0 unspecified atom stereocenters. The number of rotatable bonds is 3. The van der Waals surface area contributed by atoms with Gasteiger partial charge in [0.1, 0.15) is 5.82 Å². The van der Waals surface area contributed by atoms with E-state index < -0.39 is 15.8 Å². The summed E-state index contributed by atoms with van der Waals surface area (Å²) in [5.41, 5.74) is 0.203. The molecule has 0 fully saturated rings. The number of hydrogen-bond donors (Lipinski definition) is 1. The van der Waals surface area contributed by atoms with Crippen molar-refractivity contribution in [1.82, 2.24) is 0 Å². The number of nitrogens with one attached hydrogen (secondary N) is 1. The van der Waals surface area contributed by atoms with Gasteiger partial charge in [0.2, 0.25) is 0 Å². The van der Waals surface area contributed by atoms with Gasteiger partial charge in [0, 0.05) is 4.47 Å². The minimum absolute atomic E-state index is 0.108. The summed E-state index contributed by atoms with van der Waals surface area (Å²) in [4.78, 5) is 0.108. The van der Waals surface area contributed by atoms with Gasteiger partial charge in [0.05, 0.1) is 15.6 Å². The average molecular weight is 365 g/mol. The zero-order valence-corrected chi connectivity index (χ0v) is 12.6. The molecule has 1 N–H and O–H groups in total. The Hall–Kier alpha value is -1.11. The van der Waals surface area contributed by atoms with Gasteiger partial charge in [-0.05, 0) is 42.5 Å². The third-order valence-electron chi connectivity index (χ3n) is 2.30. The molecule has 0 spiro atoms. The summed E-state index contributed by atoms with van der Waals surface area (Å²) < 4.78 is 40.2. The number of anilines is 1. The Kier molecular flexibility index (Phi) is 4.13. The Labute approximate surface area is 123 Å². The predicted octanol–water partition coefficient (Wildman–Crippen LogP) is 4.04. The summed E-state index contributed by atoms with van der Waals surface area (Å²) in [6.45, 7) is 0. The lowest BCUT2D eigenvalue weighted by Gasteiger charge is -2.08. The molecule has 0 aliphatic heterocycles.